The second kappa shape index (κ2) is 8.26. The van der Waals surface area contributed by atoms with Crippen molar-refractivity contribution in [3.05, 3.63) is 76.1 Å². The Labute approximate surface area is 166 Å². The molecule has 1 heterocycles. The largest absolute Gasteiger partial charge is 0.319 e. The summed E-state index contributed by atoms with van der Waals surface area (Å²) in [4.78, 5) is 27.6. The number of benzene rings is 2. The maximum absolute atomic E-state index is 12.6. The quantitative estimate of drug-likeness (QED) is 0.376. The van der Waals surface area contributed by atoms with E-state index in [1.54, 1.807) is 25.3 Å². The average molecular weight is 396 g/mol. The number of aryl methyl sites for hydroxylation is 2. The Morgan fingerprint density at radius 3 is 2.75 bits per heavy atom. The Balaban J connectivity index is 1.78. The first-order chi connectivity index (χ1) is 13.4. The normalized spacial score (nSPS) is 11.8. The van der Waals surface area contributed by atoms with Crippen molar-refractivity contribution >= 4 is 29.0 Å². The lowest BCUT2D eigenvalue weighted by atomic mass is 10.1. The Kier molecular flexibility index (Phi) is 5.79. The third kappa shape index (κ3) is 4.23. The van der Waals surface area contributed by atoms with Crippen molar-refractivity contribution in [1.82, 2.24) is 9.55 Å². The topological polar surface area (TPSA) is 90.1 Å². The summed E-state index contributed by atoms with van der Waals surface area (Å²) in [7, 11) is 0. The molecule has 0 aliphatic carbocycles. The van der Waals surface area contributed by atoms with Gasteiger partial charge < -0.3 is 5.32 Å². The van der Waals surface area contributed by atoms with E-state index in [0.29, 0.717) is 5.16 Å². The average Bonchev–Trinajstić information content (AvgIpc) is 3.11. The fraction of sp³-hybridized carbons (Fsp3) is 0.200. The van der Waals surface area contributed by atoms with Gasteiger partial charge in [-0.15, -0.1) is 0 Å². The first-order valence-corrected chi connectivity index (χ1v) is 9.56. The van der Waals surface area contributed by atoms with E-state index < -0.39 is 10.2 Å². The molecule has 0 bridgehead atoms. The second-order valence-corrected chi connectivity index (χ2v) is 7.70. The molecule has 1 atom stereocenters. The number of nitrogens with one attached hydrogen (secondary N) is 1. The molecule has 0 saturated heterocycles. The number of nitro benzene ring substituents is 1. The van der Waals surface area contributed by atoms with Crippen molar-refractivity contribution in [3.63, 3.8) is 0 Å². The number of hydrogen-bond donors (Lipinski definition) is 1. The van der Waals surface area contributed by atoms with Gasteiger partial charge in [-0.1, -0.05) is 36.0 Å². The van der Waals surface area contributed by atoms with Crippen LogP contribution in [0.3, 0.4) is 0 Å². The molecule has 2 aromatic carbocycles. The number of carbonyl (C=O) groups excluding carboxylic acids is 1. The predicted molar refractivity (Wildman–Crippen MR) is 110 cm³/mol. The van der Waals surface area contributed by atoms with Crippen molar-refractivity contribution in [1.29, 1.82) is 0 Å². The van der Waals surface area contributed by atoms with Crippen LogP contribution in [-0.2, 0) is 4.79 Å². The molecule has 0 aliphatic rings. The fourth-order valence-corrected chi connectivity index (χ4v) is 3.60. The molecule has 1 amide bonds. The molecule has 1 aromatic heterocycles. The van der Waals surface area contributed by atoms with Gasteiger partial charge in [-0.3, -0.25) is 19.5 Å². The summed E-state index contributed by atoms with van der Waals surface area (Å²) >= 11 is 1.30. The number of carbonyl (C=O) groups is 1. The minimum atomic E-state index is -0.513. The van der Waals surface area contributed by atoms with E-state index in [1.165, 1.54) is 23.9 Å². The molecule has 28 heavy (non-hydrogen) atoms. The summed E-state index contributed by atoms with van der Waals surface area (Å²) in [5, 5.41) is 14.0. The third-order valence-electron chi connectivity index (χ3n) is 4.24. The monoisotopic (exact) mass is 396 g/mol. The zero-order valence-electron chi connectivity index (χ0n) is 15.7. The molecule has 0 saturated carbocycles. The number of imidazole rings is 1. The van der Waals surface area contributed by atoms with E-state index in [9.17, 15) is 14.9 Å². The zero-order valence-corrected chi connectivity index (χ0v) is 16.6. The molecule has 0 radical (unpaired) electrons. The molecule has 144 valence electrons. The van der Waals surface area contributed by atoms with E-state index in [2.05, 4.69) is 16.4 Å². The van der Waals surface area contributed by atoms with Crippen molar-refractivity contribution in [2.75, 3.05) is 5.32 Å². The van der Waals surface area contributed by atoms with Crippen molar-refractivity contribution < 1.29 is 9.72 Å². The first kappa shape index (κ1) is 19.6. The number of hydrogen-bond acceptors (Lipinski definition) is 5. The van der Waals surface area contributed by atoms with Crippen LogP contribution in [0.5, 0.6) is 0 Å². The van der Waals surface area contributed by atoms with Crippen LogP contribution in [-0.4, -0.2) is 25.6 Å². The SMILES string of the molecule is Cc1ccc(C)c(-n2ccnc2SC(C)C(=O)Nc2ccccc2[N+](=O)[O-])c1. The molecular weight excluding hydrogens is 376 g/mol. The van der Waals surface area contributed by atoms with Crippen LogP contribution < -0.4 is 5.32 Å². The molecule has 8 heteroatoms. The summed E-state index contributed by atoms with van der Waals surface area (Å²) in [6.07, 6.45) is 3.55. The van der Waals surface area contributed by atoms with Crippen LogP contribution in [0.1, 0.15) is 18.1 Å². The van der Waals surface area contributed by atoms with E-state index in [-0.39, 0.29) is 17.3 Å². The molecule has 3 rings (SSSR count). The van der Waals surface area contributed by atoms with E-state index in [4.69, 9.17) is 0 Å². The van der Waals surface area contributed by atoms with Gasteiger partial charge in [-0.05, 0) is 44.0 Å². The van der Waals surface area contributed by atoms with E-state index in [1.807, 2.05) is 36.7 Å². The van der Waals surface area contributed by atoms with Gasteiger partial charge in [0.15, 0.2) is 5.16 Å². The van der Waals surface area contributed by atoms with Crippen LogP contribution in [0, 0.1) is 24.0 Å². The van der Waals surface area contributed by atoms with Crippen LogP contribution in [0.4, 0.5) is 11.4 Å². The number of nitro groups is 1. The molecule has 7 nitrogen and oxygen atoms in total. The number of thioether (sulfide) groups is 1. The molecule has 0 aliphatic heterocycles. The molecular formula is C20H20N4O3S. The number of amides is 1. The number of para-hydroxylation sites is 2. The van der Waals surface area contributed by atoms with Crippen molar-refractivity contribution in [2.45, 2.75) is 31.2 Å². The lowest BCUT2D eigenvalue weighted by Gasteiger charge is -2.15. The van der Waals surface area contributed by atoms with E-state index >= 15 is 0 Å². The van der Waals surface area contributed by atoms with Gasteiger partial charge in [0.1, 0.15) is 5.69 Å². The zero-order chi connectivity index (χ0) is 20.3. The van der Waals surface area contributed by atoms with Crippen LogP contribution in [0.15, 0.2) is 60.0 Å². The Morgan fingerprint density at radius 2 is 2.00 bits per heavy atom. The highest BCUT2D eigenvalue weighted by Crippen LogP contribution is 2.29. The summed E-state index contributed by atoms with van der Waals surface area (Å²) < 4.78 is 1.95. The van der Waals surface area contributed by atoms with Crippen LogP contribution in [0.25, 0.3) is 5.69 Å². The highest BCUT2D eigenvalue weighted by Gasteiger charge is 2.21. The minimum absolute atomic E-state index is 0.134. The molecule has 1 unspecified atom stereocenters. The summed E-state index contributed by atoms with van der Waals surface area (Å²) in [6, 6.07) is 12.3. The predicted octanol–water partition coefficient (Wildman–Crippen LogP) is 4.52. The Hall–Kier alpha value is -3.13. The highest BCUT2D eigenvalue weighted by atomic mass is 32.2. The number of nitrogens with zero attached hydrogens (tertiary/aromatic N) is 3. The van der Waals surface area contributed by atoms with Crippen molar-refractivity contribution in [3.8, 4) is 5.69 Å². The van der Waals surface area contributed by atoms with Gasteiger partial charge in [0.2, 0.25) is 5.91 Å². The van der Waals surface area contributed by atoms with Gasteiger partial charge >= 0.3 is 0 Å². The summed E-state index contributed by atoms with van der Waals surface area (Å²) in [6.45, 7) is 5.79. The van der Waals surface area contributed by atoms with Gasteiger partial charge in [-0.2, -0.15) is 0 Å². The lowest BCUT2D eigenvalue weighted by Crippen LogP contribution is -2.23. The Morgan fingerprint density at radius 1 is 1.25 bits per heavy atom. The summed E-state index contributed by atoms with van der Waals surface area (Å²) in [5.41, 5.74) is 3.29. The molecule has 0 spiro atoms. The number of anilines is 1. The molecule has 3 aromatic rings. The highest BCUT2D eigenvalue weighted by molar-refractivity contribution is 8.00. The van der Waals surface area contributed by atoms with Crippen LogP contribution >= 0.6 is 11.8 Å². The maximum Gasteiger partial charge on any atom is 0.292 e. The lowest BCUT2D eigenvalue weighted by molar-refractivity contribution is -0.383. The van der Waals surface area contributed by atoms with E-state index in [0.717, 1.165) is 16.8 Å². The van der Waals surface area contributed by atoms with Gasteiger partial charge in [0.05, 0.1) is 15.9 Å². The first-order valence-electron chi connectivity index (χ1n) is 8.68. The maximum atomic E-state index is 12.6. The summed E-state index contributed by atoms with van der Waals surface area (Å²) in [5.74, 6) is -0.324. The van der Waals surface area contributed by atoms with Gasteiger partial charge in [0.25, 0.3) is 5.69 Å². The van der Waals surface area contributed by atoms with Crippen molar-refractivity contribution in [2.24, 2.45) is 0 Å². The molecule has 0 fully saturated rings. The third-order valence-corrected chi connectivity index (χ3v) is 5.32. The molecule has 1 N–H and O–H groups in total. The second-order valence-electron chi connectivity index (χ2n) is 6.39. The van der Waals surface area contributed by atoms with Gasteiger partial charge in [0, 0.05) is 18.5 Å². The number of aromatic nitrogens is 2. The Bertz CT molecular complexity index is 1030. The smallest absolute Gasteiger partial charge is 0.292 e. The fourth-order valence-electron chi connectivity index (χ4n) is 2.72. The standard InChI is InChI=1S/C20H20N4O3S/c1-13-8-9-14(2)18(12-13)23-11-10-21-20(23)28-15(3)19(25)22-16-6-4-5-7-17(16)24(26)27/h4-12,15H,1-3H3,(H,22,25). The minimum Gasteiger partial charge on any atom is -0.319 e. The van der Waals surface area contributed by atoms with Crippen LogP contribution in [0.2, 0.25) is 0 Å². The number of rotatable bonds is 6. The van der Waals surface area contributed by atoms with Gasteiger partial charge in [-0.25, -0.2) is 4.98 Å².